The molecule has 2 aromatic rings. The summed E-state index contributed by atoms with van der Waals surface area (Å²) in [4.78, 5) is 6.89. The topological polar surface area (TPSA) is 45.6 Å². The lowest BCUT2D eigenvalue weighted by Crippen LogP contribution is -2.31. The zero-order valence-corrected chi connectivity index (χ0v) is 18.0. The number of aromatic nitrogens is 1. The van der Waals surface area contributed by atoms with E-state index in [4.69, 9.17) is 4.74 Å². The molecule has 4 heteroatoms. The normalized spacial score (nSPS) is 12.6. The van der Waals surface area contributed by atoms with E-state index in [1.807, 2.05) is 24.3 Å². The maximum absolute atomic E-state index is 11.0. The number of rotatable bonds is 14. The van der Waals surface area contributed by atoms with Crippen molar-refractivity contribution >= 4 is 10.9 Å². The molecule has 0 saturated heterocycles. The van der Waals surface area contributed by atoms with Gasteiger partial charge in [0, 0.05) is 18.1 Å². The Hall–Kier alpha value is -1.65. The second-order valence-corrected chi connectivity index (χ2v) is 7.72. The highest BCUT2D eigenvalue weighted by Gasteiger charge is 2.16. The van der Waals surface area contributed by atoms with Crippen LogP contribution in [0.2, 0.25) is 0 Å². The predicted molar refractivity (Wildman–Crippen MR) is 118 cm³/mol. The average Bonchev–Trinajstić information content (AvgIpc) is 2.73. The first-order valence-electron chi connectivity index (χ1n) is 11.0. The van der Waals surface area contributed by atoms with Crippen LogP contribution in [0.25, 0.3) is 10.9 Å². The molecule has 0 fully saturated rings. The minimum atomic E-state index is -0.519. The molecule has 4 nitrogen and oxygen atoms in total. The minimum absolute atomic E-state index is 0.519. The number of aliphatic hydroxyl groups excluding tert-OH is 1. The smallest absolute Gasteiger partial charge is 0.119 e. The summed E-state index contributed by atoms with van der Waals surface area (Å²) in [5.74, 6) is 0.796. The number of fused-ring (bicyclic) bond motifs is 1. The van der Waals surface area contributed by atoms with Crippen molar-refractivity contribution < 1.29 is 9.84 Å². The van der Waals surface area contributed by atoms with Gasteiger partial charge < -0.3 is 14.7 Å². The molecule has 1 heterocycles. The van der Waals surface area contributed by atoms with Gasteiger partial charge in [-0.1, -0.05) is 52.4 Å². The molecule has 0 amide bonds. The van der Waals surface area contributed by atoms with E-state index < -0.39 is 6.10 Å². The molecule has 1 aromatic carbocycles. The van der Waals surface area contributed by atoms with Crippen molar-refractivity contribution in [3.05, 3.63) is 36.0 Å². The van der Waals surface area contributed by atoms with Crippen molar-refractivity contribution in [3.63, 3.8) is 0 Å². The molecule has 1 atom stereocenters. The molecule has 0 aliphatic rings. The van der Waals surface area contributed by atoms with Gasteiger partial charge in [-0.25, -0.2) is 0 Å². The summed E-state index contributed by atoms with van der Waals surface area (Å²) in [6.45, 7) is 7.30. The number of benzene rings is 1. The van der Waals surface area contributed by atoms with E-state index in [1.165, 1.54) is 51.4 Å². The third-order valence-corrected chi connectivity index (χ3v) is 5.43. The van der Waals surface area contributed by atoms with Gasteiger partial charge in [0.2, 0.25) is 0 Å². The number of unbranched alkanes of at least 4 members (excludes halogenated alkanes) is 6. The Balaban J connectivity index is 2.07. The van der Waals surface area contributed by atoms with Gasteiger partial charge in [-0.05, 0) is 55.8 Å². The van der Waals surface area contributed by atoms with Crippen molar-refractivity contribution in [1.29, 1.82) is 0 Å². The number of methoxy groups -OCH3 is 1. The molecule has 1 N–H and O–H groups in total. The molecule has 2 rings (SSSR count). The predicted octanol–water partition coefficient (Wildman–Crippen LogP) is 5.74. The quantitative estimate of drug-likeness (QED) is 0.421. The molecule has 0 unspecified atom stereocenters. The van der Waals surface area contributed by atoms with Crippen molar-refractivity contribution in [1.82, 2.24) is 9.88 Å². The number of hydrogen-bond donors (Lipinski definition) is 1. The Morgan fingerprint density at radius 2 is 1.64 bits per heavy atom. The Morgan fingerprint density at radius 1 is 0.964 bits per heavy atom. The van der Waals surface area contributed by atoms with Crippen LogP contribution in [0.3, 0.4) is 0 Å². The van der Waals surface area contributed by atoms with Crippen LogP contribution in [0, 0.1) is 0 Å². The van der Waals surface area contributed by atoms with Gasteiger partial charge in [0.25, 0.3) is 0 Å². The van der Waals surface area contributed by atoms with E-state index in [0.29, 0.717) is 6.54 Å². The van der Waals surface area contributed by atoms with Gasteiger partial charge in [0.05, 0.1) is 18.7 Å². The van der Waals surface area contributed by atoms with Crippen LogP contribution >= 0.6 is 0 Å². The summed E-state index contributed by atoms with van der Waals surface area (Å²) < 4.78 is 5.37. The monoisotopic (exact) mass is 386 g/mol. The van der Waals surface area contributed by atoms with Crippen molar-refractivity contribution in [2.75, 3.05) is 26.7 Å². The van der Waals surface area contributed by atoms with Crippen molar-refractivity contribution in [2.45, 2.75) is 71.3 Å². The van der Waals surface area contributed by atoms with Crippen molar-refractivity contribution in [3.8, 4) is 5.75 Å². The molecule has 0 saturated carbocycles. The van der Waals surface area contributed by atoms with Crippen LogP contribution in [-0.4, -0.2) is 41.7 Å². The highest BCUT2D eigenvalue weighted by Crippen LogP contribution is 2.27. The summed E-state index contributed by atoms with van der Waals surface area (Å²) in [5.41, 5.74) is 1.84. The van der Waals surface area contributed by atoms with Crippen LogP contribution in [0.5, 0.6) is 5.75 Å². The first-order valence-corrected chi connectivity index (χ1v) is 11.0. The Bertz CT molecular complexity index is 677. The zero-order chi connectivity index (χ0) is 20.2. The summed E-state index contributed by atoms with van der Waals surface area (Å²) in [7, 11) is 1.67. The van der Waals surface area contributed by atoms with Gasteiger partial charge >= 0.3 is 0 Å². The lowest BCUT2D eigenvalue weighted by atomic mass is 10.0. The van der Waals surface area contributed by atoms with E-state index in [0.717, 1.165) is 35.3 Å². The molecule has 0 aliphatic heterocycles. The number of nitrogens with zero attached hydrogens (tertiary/aromatic N) is 2. The van der Waals surface area contributed by atoms with Crippen LogP contribution in [-0.2, 0) is 0 Å². The van der Waals surface area contributed by atoms with E-state index >= 15 is 0 Å². The molecule has 0 spiro atoms. The van der Waals surface area contributed by atoms with Crippen LogP contribution in [0.15, 0.2) is 30.5 Å². The average molecular weight is 387 g/mol. The SMILES string of the molecule is CCCCCCN(CCCCCC)C[C@@H](O)c1ccnc2ccc(OC)cc12. The number of hydrogen-bond acceptors (Lipinski definition) is 4. The molecule has 156 valence electrons. The molecule has 28 heavy (non-hydrogen) atoms. The number of aliphatic hydroxyl groups is 1. The van der Waals surface area contributed by atoms with Crippen LogP contribution in [0.4, 0.5) is 0 Å². The standard InChI is InChI=1S/C24H38N2O2/c1-4-6-8-10-16-26(17-11-9-7-5-2)19-24(27)21-14-15-25-23-13-12-20(28-3)18-22(21)23/h12-15,18,24,27H,4-11,16-17,19H2,1-3H3/t24-/m1/s1. The highest BCUT2D eigenvalue weighted by atomic mass is 16.5. The van der Waals surface area contributed by atoms with Crippen LogP contribution in [0.1, 0.15) is 76.9 Å². The first kappa shape index (κ1) is 22.6. The fraction of sp³-hybridized carbons (Fsp3) is 0.625. The molecule has 0 aliphatic carbocycles. The van der Waals surface area contributed by atoms with Gasteiger partial charge in [-0.2, -0.15) is 0 Å². The largest absolute Gasteiger partial charge is 0.497 e. The summed E-state index contributed by atoms with van der Waals surface area (Å²) in [6, 6.07) is 7.80. The summed E-state index contributed by atoms with van der Waals surface area (Å²) in [5, 5.41) is 12.0. The highest BCUT2D eigenvalue weighted by molar-refractivity contribution is 5.83. The minimum Gasteiger partial charge on any atom is -0.497 e. The van der Waals surface area contributed by atoms with Crippen LogP contribution < -0.4 is 4.74 Å². The molecule has 0 bridgehead atoms. The van der Waals surface area contributed by atoms with E-state index in [-0.39, 0.29) is 0 Å². The second-order valence-electron chi connectivity index (χ2n) is 7.72. The lowest BCUT2D eigenvalue weighted by molar-refractivity contribution is 0.111. The van der Waals surface area contributed by atoms with E-state index in [1.54, 1.807) is 13.3 Å². The van der Waals surface area contributed by atoms with Gasteiger partial charge in [0.15, 0.2) is 0 Å². The van der Waals surface area contributed by atoms with Gasteiger partial charge in [-0.3, -0.25) is 4.98 Å². The van der Waals surface area contributed by atoms with Crippen molar-refractivity contribution in [2.24, 2.45) is 0 Å². The molecular formula is C24H38N2O2. The first-order chi connectivity index (χ1) is 13.7. The maximum Gasteiger partial charge on any atom is 0.119 e. The second kappa shape index (κ2) is 12.7. The van der Waals surface area contributed by atoms with Gasteiger partial charge in [0.1, 0.15) is 5.75 Å². The van der Waals surface area contributed by atoms with E-state index in [2.05, 4.69) is 23.7 Å². The van der Waals surface area contributed by atoms with Gasteiger partial charge in [-0.15, -0.1) is 0 Å². The third kappa shape index (κ3) is 7.06. The fourth-order valence-corrected chi connectivity index (χ4v) is 3.73. The lowest BCUT2D eigenvalue weighted by Gasteiger charge is -2.26. The Morgan fingerprint density at radius 3 is 2.25 bits per heavy atom. The molecule has 0 radical (unpaired) electrons. The fourth-order valence-electron chi connectivity index (χ4n) is 3.73. The number of ether oxygens (including phenoxy) is 1. The summed E-state index contributed by atoms with van der Waals surface area (Å²) in [6.07, 6.45) is 11.3. The Kier molecular flexibility index (Phi) is 10.3. The number of pyridine rings is 1. The van der Waals surface area contributed by atoms with E-state index in [9.17, 15) is 5.11 Å². The zero-order valence-electron chi connectivity index (χ0n) is 18.0. The Labute approximate surface area is 170 Å². The molecular weight excluding hydrogens is 348 g/mol. The molecule has 1 aromatic heterocycles. The maximum atomic E-state index is 11.0. The third-order valence-electron chi connectivity index (χ3n) is 5.43. The summed E-state index contributed by atoms with van der Waals surface area (Å²) >= 11 is 0.